The highest BCUT2D eigenvalue weighted by molar-refractivity contribution is 5.94. The third-order valence-corrected chi connectivity index (χ3v) is 5.55. The van der Waals surface area contributed by atoms with Crippen molar-refractivity contribution in [3.63, 3.8) is 0 Å². The van der Waals surface area contributed by atoms with Crippen LogP contribution in [0.5, 0.6) is 0 Å². The van der Waals surface area contributed by atoms with E-state index in [1.54, 1.807) is 24.5 Å². The molecule has 1 aliphatic carbocycles. The molecule has 1 saturated carbocycles. The summed E-state index contributed by atoms with van der Waals surface area (Å²) in [5.74, 6) is 0.145. The molecule has 0 unspecified atom stereocenters. The Labute approximate surface area is 159 Å². The number of aliphatic hydroxyl groups excluding tert-OH is 1. The molecule has 7 nitrogen and oxygen atoms in total. The zero-order valence-corrected chi connectivity index (χ0v) is 15.6. The second-order valence-electron chi connectivity index (χ2n) is 7.43. The maximum absolute atomic E-state index is 12.3. The van der Waals surface area contributed by atoms with Gasteiger partial charge in [-0.1, -0.05) is 12.8 Å². The van der Waals surface area contributed by atoms with Gasteiger partial charge < -0.3 is 20.5 Å². The Kier molecular flexibility index (Phi) is 7.18. The number of nitrogens with one attached hydrogen (secondary N) is 2. The van der Waals surface area contributed by atoms with Crippen LogP contribution in [-0.4, -0.2) is 53.3 Å². The van der Waals surface area contributed by atoms with Gasteiger partial charge in [-0.05, 0) is 44.2 Å². The van der Waals surface area contributed by atoms with Gasteiger partial charge >= 0.3 is 0 Å². The third kappa shape index (κ3) is 5.49. The lowest BCUT2D eigenvalue weighted by Gasteiger charge is -2.36. The minimum absolute atomic E-state index is 0.0138. The summed E-state index contributed by atoms with van der Waals surface area (Å²) >= 11 is 0. The number of aliphatic hydroxyl groups is 1. The van der Waals surface area contributed by atoms with Gasteiger partial charge in [0.25, 0.3) is 5.91 Å². The molecule has 3 rings (SSSR count). The lowest BCUT2D eigenvalue weighted by Crippen LogP contribution is -2.51. The summed E-state index contributed by atoms with van der Waals surface area (Å²) in [6.45, 7) is 0.443. The first-order valence-electron chi connectivity index (χ1n) is 9.92. The second kappa shape index (κ2) is 9.80. The van der Waals surface area contributed by atoms with Crippen LogP contribution in [0.4, 0.5) is 0 Å². The molecule has 3 N–H and O–H groups in total. The van der Waals surface area contributed by atoms with Crippen LogP contribution in [0.1, 0.15) is 55.3 Å². The van der Waals surface area contributed by atoms with Crippen molar-refractivity contribution >= 4 is 11.8 Å². The summed E-state index contributed by atoms with van der Waals surface area (Å²) < 4.78 is 5.96. The van der Waals surface area contributed by atoms with Crippen molar-refractivity contribution in [2.24, 2.45) is 5.92 Å². The Bertz CT molecular complexity index is 619. The molecule has 2 heterocycles. The molecular formula is C20H29N3O4. The molecule has 2 amide bonds. The first-order valence-corrected chi connectivity index (χ1v) is 9.92. The Morgan fingerprint density at radius 1 is 1.15 bits per heavy atom. The van der Waals surface area contributed by atoms with Crippen LogP contribution in [0.3, 0.4) is 0 Å². The number of hydrogen-bond acceptors (Lipinski definition) is 5. The normalized spacial score (nSPS) is 25.9. The summed E-state index contributed by atoms with van der Waals surface area (Å²) in [5.41, 5.74) is 0.540. The van der Waals surface area contributed by atoms with Crippen LogP contribution in [-0.2, 0) is 9.53 Å². The van der Waals surface area contributed by atoms with Gasteiger partial charge in [-0.2, -0.15) is 0 Å². The third-order valence-electron chi connectivity index (χ3n) is 5.55. The Morgan fingerprint density at radius 2 is 1.89 bits per heavy atom. The van der Waals surface area contributed by atoms with E-state index in [2.05, 4.69) is 15.6 Å². The van der Waals surface area contributed by atoms with Crippen molar-refractivity contribution in [2.45, 2.75) is 63.2 Å². The maximum atomic E-state index is 12.3. The quantitative estimate of drug-likeness (QED) is 0.669. The van der Waals surface area contributed by atoms with Gasteiger partial charge in [-0.15, -0.1) is 0 Å². The molecule has 0 aromatic carbocycles. The van der Waals surface area contributed by atoms with Crippen molar-refractivity contribution in [1.29, 1.82) is 0 Å². The molecule has 2 fully saturated rings. The van der Waals surface area contributed by atoms with Gasteiger partial charge in [0.15, 0.2) is 0 Å². The maximum Gasteiger partial charge on any atom is 0.251 e. The van der Waals surface area contributed by atoms with E-state index < -0.39 is 6.10 Å². The molecule has 1 aromatic heterocycles. The molecule has 27 heavy (non-hydrogen) atoms. The number of ether oxygens (including phenoxy) is 1. The number of pyridine rings is 1. The van der Waals surface area contributed by atoms with E-state index in [4.69, 9.17) is 4.74 Å². The summed E-state index contributed by atoms with van der Waals surface area (Å²) in [6, 6.07) is 3.09. The zero-order chi connectivity index (χ0) is 19.1. The lowest BCUT2D eigenvalue weighted by molar-refractivity contribution is -0.125. The number of hydrogen-bond donors (Lipinski definition) is 3. The van der Waals surface area contributed by atoms with Gasteiger partial charge in [-0.25, -0.2) is 0 Å². The second-order valence-corrected chi connectivity index (χ2v) is 7.43. The van der Waals surface area contributed by atoms with E-state index in [9.17, 15) is 14.7 Å². The number of rotatable bonds is 7. The highest BCUT2D eigenvalue weighted by Gasteiger charge is 2.32. The van der Waals surface area contributed by atoms with Crippen molar-refractivity contribution in [1.82, 2.24) is 15.6 Å². The summed E-state index contributed by atoms with van der Waals surface area (Å²) in [4.78, 5) is 28.3. The average molecular weight is 375 g/mol. The highest BCUT2D eigenvalue weighted by Crippen LogP contribution is 2.25. The van der Waals surface area contributed by atoms with E-state index in [0.717, 1.165) is 44.9 Å². The first-order chi connectivity index (χ1) is 13.2. The van der Waals surface area contributed by atoms with Gasteiger partial charge in [0.05, 0.1) is 18.8 Å². The molecular weight excluding hydrogens is 346 g/mol. The van der Waals surface area contributed by atoms with Crippen molar-refractivity contribution < 1.29 is 19.4 Å². The standard InChI is InChI=1S/C20H29N3O4/c24-13-18-17(23-20(26)15-7-10-21-11-8-15)6-5-16(27-18)9-12-22-19(25)14-3-1-2-4-14/h7-8,10-11,14,16-18,24H,1-6,9,12-13H2,(H,22,25)(H,23,26)/t16-,17+,18-/m1/s1. The SMILES string of the molecule is O=C(N[C@H]1CC[C@H](CCNC(=O)C2CCCC2)O[C@@H]1CO)c1ccncc1. The number of amides is 2. The Balaban J connectivity index is 1.42. The van der Waals surface area contributed by atoms with E-state index in [0.29, 0.717) is 12.1 Å². The van der Waals surface area contributed by atoms with Crippen LogP contribution in [0.2, 0.25) is 0 Å². The molecule has 1 saturated heterocycles. The van der Waals surface area contributed by atoms with E-state index >= 15 is 0 Å². The van der Waals surface area contributed by atoms with Gasteiger partial charge in [0.1, 0.15) is 6.10 Å². The number of carbonyl (C=O) groups is 2. The van der Waals surface area contributed by atoms with Crippen LogP contribution in [0.15, 0.2) is 24.5 Å². The predicted octanol–water partition coefficient (Wildman–Crippen LogP) is 1.42. The smallest absolute Gasteiger partial charge is 0.251 e. The fourth-order valence-corrected chi connectivity index (χ4v) is 3.95. The van der Waals surface area contributed by atoms with Crippen molar-refractivity contribution in [3.05, 3.63) is 30.1 Å². The molecule has 0 radical (unpaired) electrons. The molecule has 1 aliphatic heterocycles. The van der Waals surface area contributed by atoms with Crippen LogP contribution in [0.25, 0.3) is 0 Å². The fourth-order valence-electron chi connectivity index (χ4n) is 3.95. The predicted molar refractivity (Wildman–Crippen MR) is 100 cm³/mol. The molecule has 0 spiro atoms. The van der Waals surface area contributed by atoms with Crippen LogP contribution < -0.4 is 10.6 Å². The number of nitrogens with zero attached hydrogens (tertiary/aromatic N) is 1. The van der Waals surface area contributed by atoms with Crippen molar-refractivity contribution in [3.8, 4) is 0 Å². The Morgan fingerprint density at radius 3 is 2.59 bits per heavy atom. The minimum atomic E-state index is -0.430. The zero-order valence-electron chi connectivity index (χ0n) is 15.6. The van der Waals surface area contributed by atoms with Crippen LogP contribution >= 0.6 is 0 Å². The monoisotopic (exact) mass is 375 g/mol. The highest BCUT2D eigenvalue weighted by atomic mass is 16.5. The largest absolute Gasteiger partial charge is 0.394 e. The fraction of sp³-hybridized carbons (Fsp3) is 0.650. The molecule has 1 aromatic rings. The van der Waals surface area contributed by atoms with Gasteiger partial charge in [-0.3, -0.25) is 14.6 Å². The lowest BCUT2D eigenvalue weighted by atomic mass is 9.96. The molecule has 148 valence electrons. The van der Waals surface area contributed by atoms with Gasteiger partial charge in [0.2, 0.25) is 5.91 Å². The molecule has 3 atom stereocenters. The summed E-state index contributed by atoms with van der Waals surface area (Å²) in [6.07, 6.45) is 9.25. The van der Waals surface area contributed by atoms with E-state index in [1.807, 2.05) is 0 Å². The average Bonchev–Trinajstić information content (AvgIpc) is 3.24. The molecule has 0 bridgehead atoms. The van der Waals surface area contributed by atoms with Gasteiger partial charge in [0, 0.05) is 30.4 Å². The number of aromatic nitrogens is 1. The Hall–Kier alpha value is -1.99. The van der Waals surface area contributed by atoms with E-state index in [-0.39, 0.29) is 36.5 Å². The minimum Gasteiger partial charge on any atom is -0.394 e. The van der Waals surface area contributed by atoms with E-state index in [1.165, 1.54) is 0 Å². The van der Waals surface area contributed by atoms with Crippen molar-refractivity contribution in [2.75, 3.05) is 13.2 Å². The summed E-state index contributed by atoms with van der Waals surface area (Å²) in [7, 11) is 0. The first kappa shape index (κ1) is 19.8. The molecule has 2 aliphatic rings. The molecule has 7 heteroatoms. The summed E-state index contributed by atoms with van der Waals surface area (Å²) in [5, 5.41) is 15.6. The van der Waals surface area contributed by atoms with Crippen LogP contribution in [0, 0.1) is 5.92 Å². The number of carbonyl (C=O) groups excluding carboxylic acids is 2. The topological polar surface area (TPSA) is 101 Å².